The number of carbonyl (C=O) groups is 3. The van der Waals surface area contributed by atoms with E-state index in [1.54, 1.807) is 18.2 Å². The third kappa shape index (κ3) is 21.4. The van der Waals surface area contributed by atoms with Crippen molar-refractivity contribution in [3.8, 4) is 0 Å². The van der Waals surface area contributed by atoms with E-state index in [1.807, 2.05) is 0 Å². The lowest BCUT2D eigenvalue weighted by Crippen LogP contribution is -2.29. The highest BCUT2D eigenvalue weighted by atomic mass is 16.2. The molecule has 0 saturated carbocycles. The smallest absolute Gasteiger partial charge is 0.251 e. The van der Waals surface area contributed by atoms with E-state index in [1.165, 1.54) is 0 Å². The monoisotopic (exact) mass is 648 g/mol. The van der Waals surface area contributed by atoms with Crippen LogP contribution in [0, 0.1) is 0 Å². The Bertz CT molecular complexity index is 868. The van der Waals surface area contributed by atoms with Crippen LogP contribution < -0.4 is 49.1 Å². The second kappa shape index (κ2) is 29.9. The van der Waals surface area contributed by atoms with Gasteiger partial charge >= 0.3 is 0 Å². The summed E-state index contributed by atoms with van der Waals surface area (Å²) in [7, 11) is 0. The van der Waals surface area contributed by atoms with Crippen LogP contribution in [0.2, 0.25) is 0 Å². The van der Waals surface area contributed by atoms with E-state index in [0.29, 0.717) is 56.0 Å². The van der Waals surface area contributed by atoms with Crippen LogP contribution >= 0.6 is 0 Å². The number of rotatable bonds is 32. The van der Waals surface area contributed by atoms with Crippen LogP contribution in [-0.2, 0) is 4.79 Å². The first-order chi connectivity index (χ1) is 22.6. The second-order valence-electron chi connectivity index (χ2n) is 11.8. The lowest BCUT2D eigenvalue weighted by molar-refractivity contribution is -0.109. The first kappa shape index (κ1) is 41.6. The minimum Gasteiger partial charge on any atom is -0.352 e. The van der Waals surface area contributed by atoms with Gasteiger partial charge in [0.1, 0.15) is 6.29 Å². The molecule has 0 heterocycles. The summed E-state index contributed by atoms with van der Waals surface area (Å²) < 4.78 is 0. The van der Waals surface area contributed by atoms with Crippen LogP contribution in [0.4, 0.5) is 0 Å². The lowest BCUT2D eigenvalue weighted by Gasteiger charge is -2.16. The van der Waals surface area contributed by atoms with E-state index in [-0.39, 0.29) is 11.8 Å². The van der Waals surface area contributed by atoms with Gasteiger partial charge in [0.25, 0.3) is 11.8 Å². The number of aldehydes is 1. The molecule has 2 amide bonds. The summed E-state index contributed by atoms with van der Waals surface area (Å²) in [6.07, 6.45) is 12.5. The molecule has 0 aliphatic rings. The second-order valence-corrected chi connectivity index (χ2v) is 11.8. The fourth-order valence-corrected chi connectivity index (χ4v) is 4.89. The molecule has 0 bridgehead atoms. The maximum absolute atomic E-state index is 13.1. The van der Waals surface area contributed by atoms with E-state index in [2.05, 4.69) is 31.9 Å². The van der Waals surface area contributed by atoms with Gasteiger partial charge in [-0.15, -0.1) is 0 Å². The van der Waals surface area contributed by atoms with Gasteiger partial charge in [0.05, 0.1) is 6.04 Å². The highest BCUT2D eigenvalue weighted by molar-refractivity contribution is 6.00. The van der Waals surface area contributed by atoms with E-state index >= 15 is 0 Å². The van der Waals surface area contributed by atoms with Crippen molar-refractivity contribution in [3.05, 3.63) is 34.9 Å². The lowest BCUT2D eigenvalue weighted by atomic mass is 9.99. The minimum absolute atomic E-state index is 0.252. The van der Waals surface area contributed by atoms with Crippen LogP contribution in [-0.4, -0.2) is 96.6 Å². The molecule has 46 heavy (non-hydrogen) atoms. The van der Waals surface area contributed by atoms with Crippen molar-refractivity contribution in [1.82, 2.24) is 31.9 Å². The fraction of sp³-hybridized carbons (Fsp3) is 0.735. The first-order valence-electron chi connectivity index (χ1n) is 17.7. The normalized spacial score (nSPS) is 11.8. The summed E-state index contributed by atoms with van der Waals surface area (Å²) in [6, 6.07) is 4.43. The van der Waals surface area contributed by atoms with Crippen molar-refractivity contribution in [2.75, 3.05) is 78.5 Å². The molecule has 12 heteroatoms. The third-order valence-electron chi connectivity index (χ3n) is 7.67. The SMILES string of the molecule is NCCCCNCCCCNC(=O)c1cc(C(=O)NCCCCNCCCCN)cc(C(C=O)NCCCCNCCCCN)c1. The molecule has 1 unspecified atom stereocenters. The number of hydrogen-bond donors (Lipinski definition) is 9. The fourth-order valence-electron chi connectivity index (χ4n) is 4.89. The van der Waals surface area contributed by atoms with Gasteiger partial charge in [0.15, 0.2) is 0 Å². The quantitative estimate of drug-likeness (QED) is 0.0405. The summed E-state index contributed by atoms with van der Waals surface area (Å²) in [5, 5.41) is 19.5. The van der Waals surface area contributed by atoms with E-state index < -0.39 is 6.04 Å². The molecule has 12 N–H and O–H groups in total. The Kier molecular flexibility index (Phi) is 27.0. The number of nitrogens with two attached hydrogens (primary N) is 3. The summed E-state index contributed by atoms with van der Waals surface area (Å²) in [6.45, 7) is 9.40. The van der Waals surface area contributed by atoms with Crippen molar-refractivity contribution < 1.29 is 14.4 Å². The molecule has 12 nitrogen and oxygen atoms in total. The molecule has 0 fully saturated rings. The topological polar surface area (TPSA) is 201 Å². The van der Waals surface area contributed by atoms with Gasteiger partial charge in [-0.1, -0.05) is 0 Å². The summed E-state index contributed by atoms with van der Waals surface area (Å²) in [5.41, 5.74) is 18.0. The minimum atomic E-state index is -0.618. The number of benzene rings is 1. The van der Waals surface area contributed by atoms with Gasteiger partial charge in [-0.05, 0) is 166 Å². The maximum Gasteiger partial charge on any atom is 0.251 e. The van der Waals surface area contributed by atoms with Crippen molar-refractivity contribution in [3.63, 3.8) is 0 Å². The third-order valence-corrected chi connectivity index (χ3v) is 7.67. The summed E-state index contributed by atoms with van der Waals surface area (Å²) >= 11 is 0. The van der Waals surface area contributed by atoms with Crippen LogP contribution in [0.25, 0.3) is 0 Å². The number of amides is 2. The van der Waals surface area contributed by atoms with Gasteiger partial charge in [0.2, 0.25) is 0 Å². The molecule has 264 valence electrons. The number of nitrogens with one attached hydrogen (secondary N) is 6. The average Bonchev–Trinajstić information content (AvgIpc) is 3.07. The van der Waals surface area contributed by atoms with Crippen LogP contribution in [0.1, 0.15) is 109 Å². The Morgan fingerprint density at radius 3 is 1.24 bits per heavy atom. The van der Waals surface area contributed by atoms with Gasteiger partial charge in [-0.2, -0.15) is 0 Å². The van der Waals surface area contributed by atoms with Crippen LogP contribution in [0.15, 0.2) is 18.2 Å². The van der Waals surface area contributed by atoms with Crippen LogP contribution in [0.5, 0.6) is 0 Å². The summed E-state index contributed by atoms with van der Waals surface area (Å²) in [4.78, 5) is 38.4. The molecule has 1 aromatic rings. The molecule has 0 aliphatic heterocycles. The molecular formula is C34H65N9O3. The van der Waals surface area contributed by atoms with Crippen molar-refractivity contribution in [1.29, 1.82) is 0 Å². The zero-order valence-electron chi connectivity index (χ0n) is 28.3. The predicted molar refractivity (Wildman–Crippen MR) is 189 cm³/mol. The summed E-state index contributed by atoms with van der Waals surface area (Å²) in [5.74, 6) is -0.504. The van der Waals surface area contributed by atoms with Gasteiger partial charge < -0.3 is 53.9 Å². The largest absolute Gasteiger partial charge is 0.352 e. The molecule has 1 aromatic carbocycles. The zero-order valence-corrected chi connectivity index (χ0v) is 28.3. The number of unbranched alkanes of at least 4 members (excludes halogenated alkanes) is 6. The van der Waals surface area contributed by atoms with Crippen molar-refractivity contribution in [2.45, 2.75) is 83.1 Å². The molecule has 0 saturated heterocycles. The molecule has 0 radical (unpaired) electrons. The van der Waals surface area contributed by atoms with Gasteiger partial charge in [-0.3, -0.25) is 9.59 Å². The predicted octanol–water partition coefficient (Wildman–Crippen LogP) is 1.30. The highest BCUT2D eigenvalue weighted by Gasteiger charge is 2.18. The molecule has 1 rings (SSSR count). The number of carbonyl (C=O) groups excluding carboxylic acids is 3. The average molecular weight is 648 g/mol. The Labute approximate surface area is 277 Å². The van der Waals surface area contributed by atoms with Crippen molar-refractivity contribution in [2.24, 2.45) is 17.2 Å². The first-order valence-corrected chi connectivity index (χ1v) is 17.7. The Morgan fingerprint density at radius 2 is 0.870 bits per heavy atom. The molecular weight excluding hydrogens is 582 g/mol. The Balaban J connectivity index is 2.71. The van der Waals surface area contributed by atoms with Gasteiger partial charge in [0, 0.05) is 24.2 Å². The van der Waals surface area contributed by atoms with E-state index in [4.69, 9.17) is 17.2 Å². The van der Waals surface area contributed by atoms with Gasteiger partial charge in [-0.25, -0.2) is 0 Å². The van der Waals surface area contributed by atoms with Crippen LogP contribution in [0.3, 0.4) is 0 Å². The molecule has 1 atom stereocenters. The molecule has 0 spiro atoms. The highest BCUT2D eigenvalue weighted by Crippen LogP contribution is 2.17. The molecule has 0 aromatic heterocycles. The van der Waals surface area contributed by atoms with E-state index in [0.717, 1.165) is 123 Å². The molecule has 0 aliphatic carbocycles. The Morgan fingerprint density at radius 1 is 0.522 bits per heavy atom. The Hall–Kier alpha value is -2.45. The van der Waals surface area contributed by atoms with Crippen molar-refractivity contribution >= 4 is 18.1 Å². The maximum atomic E-state index is 13.1. The van der Waals surface area contributed by atoms with E-state index in [9.17, 15) is 14.4 Å². The number of hydrogen-bond acceptors (Lipinski definition) is 10. The zero-order chi connectivity index (χ0) is 33.5. The standard InChI is InChI=1S/C34H65N9O3/c35-13-1-4-16-38-19-7-10-22-41-32(28-44)29-25-30(33(45)42-23-11-8-20-39-17-5-2-14-36)27-31(26-29)34(46)43-24-12-9-21-40-18-6-3-15-37/h25-28,32,38-41H,1-24,35-37H2,(H,42,45)(H,43,46).